The molecular formula is C25H31OP. The standard InChI is InChI=1S/C25H31OP/c1-2-3-7-14-22(26)21-27(23-15-8-4-9-16-23,24-17-10-5-11-18-24)25-19-12-6-13-20-25/h4-6,8-13,15-20,22,26-27H,2-3,7,14,21H2,1H3/t22-/m1/s1. The van der Waals surface area contributed by atoms with E-state index in [0.29, 0.717) is 0 Å². The number of aliphatic hydroxyl groups excluding tert-OH is 1. The Bertz CT molecular complexity index is 690. The summed E-state index contributed by atoms with van der Waals surface area (Å²) < 4.78 is 0. The molecule has 0 spiro atoms. The molecule has 0 fully saturated rings. The van der Waals surface area contributed by atoms with Crippen molar-refractivity contribution in [2.45, 2.75) is 38.7 Å². The van der Waals surface area contributed by atoms with Crippen LogP contribution in [-0.4, -0.2) is 17.4 Å². The van der Waals surface area contributed by atoms with Crippen LogP contribution in [0.2, 0.25) is 0 Å². The van der Waals surface area contributed by atoms with Crippen molar-refractivity contribution >= 4 is 23.2 Å². The Morgan fingerprint density at radius 1 is 0.667 bits per heavy atom. The van der Waals surface area contributed by atoms with E-state index in [4.69, 9.17) is 0 Å². The van der Waals surface area contributed by atoms with Crippen molar-refractivity contribution in [1.29, 1.82) is 0 Å². The molecule has 3 aromatic rings. The summed E-state index contributed by atoms with van der Waals surface area (Å²) in [5, 5.41) is 15.1. The molecule has 142 valence electrons. The number of unbranched alkanes of at least 4 members (excludes halogenated alkanes) is 2. The Morgan fingerprint density at radius 3 is 1.44 bits per heavy atom. The molecule has 0 amide bonds. The van der Waals surface area contributed by atoms with Crippen molar-refractivity contribution in [3.05, 3.63) is 91.0 Å². The Morgan fingerprint density at radius 2 is 1.07 bits per heavy atom. The van der Waals surface area contributed by atoms with Gasteiger partial charge in [-0.3, -0.25) is 0 Å². The van der Waals surface area contributed by atoms with Gasteiger partial charge in [-0.2, -0.15) is 0 Å². The first kappa shape index (κ1) is 19.8. The summed E-state index contributed by atoms with van der Waals surface area (Å²) in [6.07, 6.45) is 4.91. The first-order valence-corrected chi connectivity index (χ1v) is 12.3. The Kier molecular flexibility index (Phi) is 7.21. The van der Waals surface area contributed by atoms with Gasteiger partial charge in [0, 0.05) is 0 Å². The van der Waals surface area contributed by atoms with Crippen molar-refractivity contribution < 1.29 is 5.11 Å². The van der Waals surface area contributed by atoms with Gasteiger partial charge in [-0.05, 0) is 0 Å². The molecule has 0 aliphatic rings. The number of benzene rings is 3. The maximum atomic E-state index is 11.0. The molecular weight excluding hydrogens is 347 g/mol. The third kappa shape index (κ3) is 4.67. The summed E-state index contributed by atoms with van der Waals surface area (Å²) in [4.78, 5) is 0. The van der Waals surface area contributed by atoms with Gasteiger partial charge in [0.2, 0.25) is 0 Å². The average Bonchev–Trinajstić information content (AvgIpc) is 2.74. The van der Waals surface area contributed by atoms with E-state index in [1.807, 2.05) is 0 Å². The molecule has 0 saturated carbocycles. The predicted octanol–water partition coefficient (Wildman–Crippen LogP) is 4.65. The summed E-state index contributed by atoms with van der Waals surface area (Å²) >= 11 is 0. The van der Waals surface area contributed by atoms with Crippen LogP contribution in [0.1, 0.15) is 32.6 Å². The number of aliphatic hydroxyl groups is 1. The molecule has 0 aliphatic carbocycles. The fourth-order valence-corrected chi connectivity index (χ4v) is 9.01. The van der Waals surface area contributed by atoms with Gasteiger partial charge in [-0.25, -0.2) is 0 Å². The van der Waals surface area contributed by atoms with Crippen molar-refractivity contribution in [2.24, 2.45) is 0 Å². The van der Waals surface area contributed by atoms with Crippen molar-refractivity contribution in [2.75, 3.05) is 6.16 Å². The van der Waals surface area contributed by atoms with Crippen LogP contribution in [0, 0.1) is 0 Å². The van der Waals surface area contributed by atoms with Gasteiger partial charge >= 0.3 is 164 Å². The van der Waals surface area contributed by atoms with Crippen LogP contribution in [0.3, 0.4) is 0 Å². The predicted molar refractivity (Wildman–Crippen MR) is 122 cm³/mol. The van der Waals surface area contributed by atoms with Gasteiger partial charge in [0.05, 0.1) is 0 Å². The topological polar surface area (TPSA) is 20.2 Å². The molecule has 0 unspecified atom stereocenters. The van der Waals surface area contributed by atoms with E-state index in [1.165, 1.54) is 28.8 Å². The van der Waals surface area contributed by atoms with Gasteiger partial charge in [-0.1, -0.05) is 0 Å². The quantitative estimate of drug-likeness (QED) is 0.424. The second-order valence-corrected chi connectivity index (χ2v) is 11.3. The minimum atomic E-state index is -2.30. The molecule has 1 N–H and O–H groups in total. The molecule has 27 heavy (non-hydrogen) atoms. The normalized spacial score (nSPS) is 13.3. The Hall–Kier alpha value is -1.95. The molecule has 3 aromatic carbocycles. The summed E-state index contributed by atoms with van der Waals surface area (Å²) in [5.74, 6) is 0. The van der Waals surface area contributed by atoms with Crippen LogP contribution in [0.15, 0.2) is 91.0 Å². The molecule has 0 radical (unpaired) electrons. The van der Waals surface area contributed by atoms with Crippen LogP contribution in [0.5, 0.6) is 0 Å². The molecule has 0 aliphatic heterocycles. The molecule has 0 heterocycles. The van der Waals surface area contributed by atoms with Gasteiger partial charge in [0.15, 0.2) is 0 Å². The second-order valence-electron chi connectivity index (χ2n) is 7.36. The molecule has 1 atom stereocenters. The first-order chi connectivity index (χ1) is 13.3. The van der Waals surface area contributed by atoms with Gasteiger partial charge in [0.1, 0.15) is 0 Å². The van der Waals surface area contributed by atoms with E-state index < -0.39 is 7.26 Å². The third-order valence-corrected chi connectivity index (χ3v) is 10.5. The molecule has 0 aromatic heterocycles. The first-order valence-electron chi connectivity index (χ1n) is 10.1. The molecule has 1 nitrogen and oxygen atoms in total. The van der Waals surface area contributed by atoms with Gasteiger partial charge in [0.25, 0.3) is 0 Å². The van der Waals surface area contributed by atoms with E-state index in [1.54, 1.807) is 0 Å². The molecule has 0 saturated heterocycles. The van der Waals surface area contributed by atoms with E-state index in [9.17, 15) is 5.11 Å². The number of rotatable bonds is 9. The number of hydrogen-bond donors (Lipinski definition) is 1. The average molecular weight is 378 g/mol. The van der Waals surface area contributed by atoms with E-state index >= 15 is 0 Å². The van der Waals surface area contributed by atoms with Crippen LogP contribution in [0.25, 0.3) is 0 Å². The summed E-state index contributed by atoms with van der Waals surface area (Å²) in [7, 11) is -2.30. The van der Waals surface area contributed by atoms with E-state index in [2.05, 4.69) is 97.9 Å². The van der Waals surface area contributed by atoms with Crippen LogP contribution in [-0.2, 0) is 0 Å². The molecule has 3 rings (SSSR count). The van der Waals surface area contributed by atoms with Crippen LogP contribution in [0.4, 0.5) is 0 Å². The van der Waals surface area contributed by atoms with E-state index in [-0.39, 0.29) is 6.10 Å². The van der Waals surface area contributed by atoms with Crippen molar-refractivity contribution in [3.63, 3.8) is 0 Å². The monoisotopic (exact) mass is 378 g/mol. The Balaban J connectivity index is 2.11. The van der Waals surface area contributed by atoms with Gasteiger partial charge < -0.3 is 0 Å². The van der Waals surface area contributed by atoms with Crippen LogP contribution >= 0.6 is 7.26 Å². The van der Waals surface area contributed by atoms with Crippen LogP contribution < -0.4 is 15.9 Å². The van der Waals surface area contributed by atoms with E-state index in [0.717, 1.165) is 19.0 Å². The third-order valence-electron chi connectivity index (χ3n) is 5.48. The zero-order chi connectivity index (χ0) is 19.0. The zero-order valence-electron chi connectivity index (χ0n) is 16.2. The fourth-order valence-electron chi connectivity index (χ4n) is 4.11. The summed E-state index contributed by atoms with van der Waals surface area (Å²) in [5.41, 5.74) is 0. The summed E-state index contributed by atoms with van der Waals surface area (Å²) in [6.45, 7) is 2.21. The second kappa shape index (κ2) is 9.83. The van der Waals surface area contributed by atoms with Crippen molar-refractivity contribution in [3.8, 4) is 0 Å². The maximum absolute atomic E-state index is 11.0. The summed E-state index contributed by atoms with van der Waals surface area (Å²) in [6, 6.07) is 32.6. The molecule has 0 bridgehead atoms. The number of hydrogen-bond acceptors (Lipinski definition) is 1. The SMILES string of the molecule is CCCCC[C@@H](O)C[PH](c1ccccc1)(c1ccccc1)c1ccccc1. The fraction of sp³-hybridized carbons (Fsp3) is 0.280. The minimum absolute atomic E-state index is 0.274. The Labute approximate surface area is 164 Å². The van der Waals surface area contributed by atoms with Crippen molar-refractivity contribution in [1.82, 2.24) is 0 Å². The van der Waals surface area contributed by atoms with Gasteiger partial charge in [-0.15, -0.1) is 0 Å². The zero-order valence-corrected chi connectivity index (χ0v) is 17.2. The molecule has 2 heteroatoms.